The average molecular weight is 324 g/mol. The topological polar surface area (TPSA) is 29.1 Å². The number of nitrogens with one attached hydrogen (secondary N) is 1. The molecule has 0 saturated heterocycles. The fraction of sp³-hybridized carbons (Fsp3) is 0.562. The number of hydrogen-bond donors (Lipinski definition) is 1. The summed E-state index contributed by atoms with van der Waals surface area (Å²) in [5.74, 6) is 0.802. The fourth-order valence-electron chi connectivity index (χ4n) is 2.76. The molecule has 0 radical (unpaired) electrons. The number of rotatable bonds is 5. The molecule has 1 saturated carbocycles. The Morgan fingerprint density at radius 2 is 1.95 bits per heavy atom. The van der Waals surface area contributed by atoms with Crippen LogP contribution >= 0.6 is 15.9 Å². The van der Waals surface area contributed by atoms with Crippen LogP contribution in [0.2, 0.25) is 0 Å². The van der Waals surface area contributed by atoms with E-state index in [-0.39, 0.29) is 5.91 Å². The van der Waals surface area contributed by atoms with Crippen LogP contribution in [-0.4, -0.2) is 17.3 Å². The molecular weight excluding hydrogens is 302 g/mol. The molecule has 2 unspecified atom stereocenters. The van der Waals surface area contributed by atoms with Crippen LogP contribution < -0.4 is 5.32 Å². The van der Waals surface area contributed by atoms with Gasteiger partial charge in [-0.3, -0.25) is 4.79 Å². The van der Waals surface area contributed by atoms with Crippen molar-refractivity contribution < 1.29 is 4.79 Å². The van der Waals surface area contributed by atoms with Gasteiger partial charge in [0, 0.05) is 17.8 Å². The second-order valence-electron chi connectivity index (χ2n) is 5.36. The van der Waals surface area contributed by atoms with Crippen molar-refractivity contribution in [2.45, 2.75) is 44.6 Å². The Balaban J connectivity index is 1.77. The molecule has 0 heterocycles. The monoisotopic (exact) mass is 323 g/mol. The van der Waals surface area contributed by atoms with Crippen molar-refractivity contribution in [1.82, 2.24) is 5.32 Å². The van der Waals surface area contributed by atoms with Crippen molar-refractivity contribution in [3.63, 3.8) is 0 Å². The highest BCUT2D eigenvalue weighted by Crippen LogP contribution is 2.25. The molecule has 1 fully saturated rings. The molecule has 19 heavy (non-hydrogen) atoms. The van der Waals surface area contributed by atoms with E-state index in [1.807, 2.05) is 18.2 Å². The molecule has 104 valence electrons. The van der Waals surface area contributed by atoms with E-state index in [0.717, 1.165) is 18.2 Å². The first kappa shape index (κ1) is 14.6. The number of carbonyl (C=O) groups is 1. The molecule has 1 aliphatic carbocycles. The minimum absolute atomic E-state index is 0.196. The van der Waals surface area contributed by atoms with Gasteiger partial charge in [0.25, 0.3) is 0 Å². The van der Waals surface area contributed by atoms with Crippen molar-refractivity contribution in [3.05, 3.63) is 35.9 Å². The van der Waals surface area contributed by atoms with Gasteiger partial charge in [-0.05, 0) is 30.7 Å². The highest BCUT2D eigenvalue weighted by atomic mass is 79.9. The highest BCUT2D eigenvalue weighted by Gasteiger charge is 2.25. The van der Waals surface area contributed by atoms with E-state index in [1.165, 1.54) is 24.8 Å². The molecule has 0 aromatic heterocycles. The van der Waals surface area contributed by atoms with Crippen LogP contribution in [0.15, 0.2) is 30.3 Å². The van der Waals surface area contributed by atoms with E-state index in [2.05, 4.69) is 33.4 Å². The first-order valence-corrected chi connectivity index (χ1v) is 8.31. The van der Waals surface area contributed by atoms with Gasteiger partial charge in [-0.2, -0.15) is 0 Å². The Morgan fingerprint density at radius 1 is 1.21 bits per heavy atom. The molecule has 1 aromatic rings. The molecule has 1 aliphatic rings. The number of halogens is 1. The largest absolute Gasteiger partial charge is 0.353 e. The molecule has 2 atom stereocenters. The van der Waals surface area contributed by atoms with Crippen molar-refractivity contribution in [3.8, 4) is 0 Å². The summed E-state index contributed by atoms with van der Waals surface area (Å²) in [6.45, 7) is 0. The normalized spacial score (nSPS) is 23.0. The Hall–Kier alpha value is -0.830. The van der Waals surface area contributed by atoms with Crippen molar-refractivity contribution >= 4 is 21.8 Å². The molecule has 1 N–H and O–H groups in total. The molecule has 1 amide bonds. The summed E-state index contributed by atoms with van der Waals surface area (Å²) in [6, 6.07) is 10.6. The lowest BCUT2D eigenvalue weighted by Gasteiger charge is -2.31. The smallest absolute Gasteiger partial charge is 0.220 e. The number of carbonyl (C=O) groups excluding carboxylic acids is 1. The summed E-state index contributed by atoms with van der Waals surface area (Å²) in [7, 11) is 0. The summed E-state index contributed by atoms with van der Waals surface area (Å²) >= 11 is 3.57. The Kier molecular flexibility index (Phi) is 5.90. The number of aryl methyl sites for hydroxylation is 1. The predicted molar refractivity (Wildman–Crippen MR) is 82.4 cm³/mol. The summed E-state index contributed by atoms with van der Waals surface area (Å²) in [6.07, 6.45) is 6.33. The maximum absolute atomic E-state index is 12.0. The summed E-state index contributed by atoms with van der Waals surface area (Å²) in [4.78, 5) is 12.0. The van der Waals surface area contributed by atoms with Gasteiger partial charge in [0.2, 0.25) is 5.91 Å². The lowest BCUT2D eigenvalue weighted by Crippen LogP contribution is -2.42. The van der Waals surface area contributed by atoms with E-state index in [0.29, 0.717) is 18.4 Å². The molecule has 3 heteroatoms. The van der Waals surface area contributed by atoms with Gasteiger partial charge in [-0.25, -0.2) is 0 Å². The second kappa shape index (κ2) is 7.68. The van der Waals surface area contributed by atoms with E-state index >= 15 is 0 Å². The number of hydrogen-bond acceptors (Lipinski definition) is 1. The van der Waals surface area contributed by atoms with E-state index in [4.69, 9.17) is 0 Å². The van der Waals surface area contributed by atoms with Gasteiger partial charge >= 0.3 is 0 Å². The minimum Gasteiger partial charge on any atom is -0.353 e. The van der Waals surface area contributed by atoms with Crippen LogP contribution in [-0.2, 0) is 11.2 Å². The van der Waals surface area contributed by atoms with Gasteiger partial charge in [-0.15, -0.1) is 0 Å². The van der Waals surface area contributed by atoms with Gasteiger partial charge in [0.1, 0.15) is 0 Å². The molecular formula is C16H22BrNO. The molecule has 2 nitrogen and oxygen atoms in total. The van der Waals surface area contributed by atoms with Crippen LogP contribution in [0.3, 0.4) is 0 Å². The highest BCUT2D eigenvalue weighted by molar-refractivity contribution is 9.09. The Bertz CT molecular complexity index is 393. The molecule has 1 aromatic carbocycles. The third-order valence-corrected chi connectivity index (χ3v) is 4.77. The molecule has 0 bridgehead atoms. The summed E-state index contributed by atoms with van der Waals surface area (Å²) in [5.41, 5.74) is 1.23. The zero-order chi connectivity index (χ0) is 13.5. The van der Waals surface area contributed by atoms with Crippen LogP contribution in [0.5, 0.6) is 0 Å². The van der Waals surface area contributed by atoms with Crippen molar-refractivity contribution in [1.29, 1.82) is 0 Å². The summed E-state index contributed by atoms with van der Waals surface area (Å²) in [5, 5.41) is 4.22. The Morgan fingerprint density at radius 3 is 2.68 bits per heavy atom. The standard InChI is InChI=1S/C16H22BrNO/c17-12-14-8-4-5-9-15(14)18-16(19)11-10-13-6-2-1-3-7-13/h1-3,6-7,14-15H,4-5,8-12H2,(H,18,19). The Labute approximate surface area is 124 Å². The van der Waals surface area contributed by atoms with Crippen LogP contribution in [0.4, 0.5) is 0 Å². The van der Waals surface area contributed by atoms with Crippen LogP contribution in [0.25, 0.3) is 0 Å². The third-order valence-electron chi connectivity index (χ3n) is 3.94. The second-order valence-corrected chi connectivity index (χ2v) is 6.01. The van der Waals surface area contributed by atoms with Gasteiger partial charge in [0.15, 0.2) is 0 Å². The van der Waals surface area contributed by atoms with Crippen LogP contribution in [0, 0.1) is 5.92 Å². The fourth-order valence-corrected chi connectivity index (χ4v) is 3.54. The maximum Gasteiger partial charge on any atom is 0.220 e. The predicted octanol–water partition coefficient (Wildman–Crippen LogP) is 3.69. The lowest BCUT2D eigenvalue weighted by molar-refractivity contribution is -0.122. The van der Waals surface area contributed by atoms with Gasteiger partial charge in [-0.1, -0.05) is 59.1 Å². The zero-order valence-electron chi connectivity index (χ0n) is 11.3. The lowest BCUT2D eigenvalue weighted by atomic mass is 9.86. The quantitative estimate of drug-likeness (QED) is 0.823. The van der Waals surface area contributed by atoms with Gasteiger partial charge in [0.05, 0.1) is 0 Å². The van der Waals surface area contributed by atoms with E-state index in [9.17, 15) is 4.79 Å². The third kappa shape index (κ3) is 4.64. The van der Waals surface area contributed by atoms with Gasteiger partial charge < -0.3 is 5.32 Å². The molecule has 0 spiro atoms. The minimum atomic E-state index is 0.196. The van der Waals surface area contributed by atoms with E-state index in [1.54, 1.807) is 0 Å². The zero-order valence-corrected chi connectivity index (χ0v) is 12.9. The van der Waals surface area contributed by atoms with Crippen molar-refractivity contribution in [2.75, 3.05) is 5.33 Å². The van der Waals surface area contributed by atoms with Crippen molar-refractivity contribution in [2.24, 2.45) is 5.92 Å². The molecule has 0 aliphatic heterocycles. The first-order valence-electron chi connectivity index (χ1n) is 7.19. The average Bonchev–Trinajstić information content (AvgIpc) is 2.47. The summed E-state index contributed by atoms with van der Waals surface area (Å²) < 4.78 is 0. The SMILES string of the molecule is O=C(CCc1ccccc1)NC1CCCCC1CBr. The number of benzene rings is 1. The van der Waals surface area contributed by atoms with E-state index < -0.39 is 0 Å². The molecule has 2 rings (SSSR count). The first-order chi connectivity index (χ1) is 9.29. The number of amides is 1. The number of alkyl halides is 1. The maximum atomic E-state index is 12.0. The van der Waals surface area contributed by atoms with Crippen LogP contribution in [0.1, 0.15) is 37.7 Å².